The van der Waals surface area contributed by atoms with Crippen LogP contribution in [0.25, 0.3) is 0 Å². The molecule has 0 aromatic heterocycles. The Morgan fingerprint density at radius 2 is 1.95 bits per heavy atom. The van der Waals surface area contributed by atoms with Crippen LogP contribution in [0, 0.1) is 0 Å². The van der Waals surface area contributed by atoms with Crippen LogP contribution < -0.4 is 15.8 Å². The van der Waals surface area contributed by atoms with E-state index in [4.69, 9.17) is 10.5 Å². The first kappa shape index (κ1) is 15.4. The molecule has 2 rings (SSSR count). The van der Waals surface area contributed by atoms with Crippen molar-refractivity contribution in [3.05, 3.63) is 52.5 Å². The number of nitrogen functional groups attached to an aromatic ring is 1. The summed E-state index contributed by atoms with van der Waals surface area (Å²) in [6, 6.07) is 13.0. The number of benzene rings is 2. The molecule has 0 radical (unpaired) electrons. The van der Waals surface area contributed by atoms with Gasteiger partial charge in [-0.15, -0.1) is 0 Å². The van der Waals surface area contributed by atoms with Crippen LogP contribution in [0.3, 0.4) is 0 Å². The molecule has 2 aromatic rings. The molecule has 4 nitrogen and oxygen atoms in total. The summed E-state index contributed by atoms with van der Waals surface area (Å²) < 4.78 is 5.87. The van der Waals surface area contributed by atoms with E-state index in [9.17, 15) is 4.79 Å². The molecular weight excluding hydrogens is 332 g/mol. The predicted molar refractivity (Wildman–Crippen MR) is 88.5 cm³/mol. The van der Waals surface area contributed by atoms with Crippen molar-refractivity contribution in [2.45, 2.75) is 12.8 Å². The van der Waals surface area contributed by atoms with Gasteiger partial charge in [-0.25, -0.2) is 0 Å². The van der Waals surface area contributed by atoms with Crippen molar-refractivity contribution in [2.24, 2.45) is 0 Å². The van der Waals surface area contributed by atoms with E-state index in [1.807, 2.05) is 24.3 Å². The molecular formula is C16H17BrN2O2. The smallest absolute Gasteiger partial charge is 0.224 e. The number of carbonyl (C=O) groups is 1. The number of hydrogen-bond donors (Lipinski definition) is 2. The molecule has 0 saturated heterocycles. The Morgan fingerprint density at radius 1 is 1.24 bits per heavy atom. The van der Waals surface area contributed by atoms with E-state index >= 15 is 0 Å². The van der Waals surface area contributed by atoms with Crippen molar-refractivity contribution in [1.82, 2.24) is 0 Å². The van der Waals surface area contributed by atoms with Gasteiger partial charge in [0.25, 0.3) is 0 Å². The maximum Gasteiger partial charge on any atom is 0.224 e. The van der Waals surface area contributed by atoms with Crippen LogP contribution in [0.2, 0.25) is 0 Å². The predicted octanol–water partition coefficient (Wildman–Crippen LogP) is 3.61. The van der Waals surface area contributed by atoms with E-state index in [0.29, 0.717) is 18.5 Å². The second-order valence-corrected chi connectivity index (χ2v) is 5.49. The lowest BCUT2D eigenvalue weighted by atomic mass is 10.1. The fourth-order valence-corrected chi connectivity index (χ4v) is 2.26. The largest absolute Gasteiger partial charge is 0.497 e. The number of rotatable bonds is 5. The summed E-state index contributed by atoms with van der Waals surface area (Å²) in [7, 11) is 1.63. The topological polar surface area (TPSA) is 64.3 Å². The average Bonchev–Trinajstić information content (AvgIpc) is 2.49. The van der Waals surface area contributed by atoms with Gasteiger partial charge in [0.1, 0.15) is 5.75 Å². The summed E-state index contributed by atoms with van der Waals surface area (Å²) in [6.07, 6.45) is 1.11. The molecule has 0 saturated carbocycles. The second-order valence-electron chi connectivity index (χ2n) is 4.63. The SMILES string of the molecule is COc1ccc(CCC(=O)Nc2ccc(N)c(Br)c2)cc1. The highest BCUT2D eigenvalue weighted by Crippen LogP contribution is 2.23. The van der Waals surface area contributed by atoms with Crippen LogP contribution in [0.15, 0.2) is 46.9 Å². The van der Waals surface area contributed by atoms with Gasteiger partial charge in [0.05, 0.1) is 7.11 Å². The maximum absolute atomic E-state index is 11.9. The van der Waals surface area contributed by atoms with Crippen molar-refractivity contribution in [3.63, 3.8) is 0 Å². The number of methoxy groups -OCH3 is 1. The minimum atomic E-state index is -0.0255. The molecule has 2 aromatic carbocycles. The van der Waals surface area contributed by atoms with Gasteiger partial charge in [0.2, 0.25) is 5.91 Å². The standard InChI is InChI=1S/C16H17BrN2O2/c1-21-13-6-2-11(3-7-13)4-9-16(20)19-12-5-8-15(18)14(17)10-12/h2-3,5-8,10H,4,9,18H2,1H3,(H,19,20). The molecule has 0 aliphatic rings. The monoisotopic (exact) mass is 348 g/mol. The van der Waals surface area contributed by atoms with Crippen molar-refractivity contribution in [1.29, 1.82) is 0 Å². The van der Waals surface area contributed by atoms with E-state index in [0.717, 1.165) is 21.5 Å². The number of hydrogen-bond acceptors (Lipinski definition) is 3. The van der Waals surface area contributed by atoms with Gasteiger partial charge < -0.3 is 15.8 Å². The molecule has 5 heteroatoms. The van der Waals surface area contributed by atoms with Gasteiger partial charge in [0, 0.05) is 22.3 Å². The van der Waals surface area contributed by atoms with Crippen molar-refractivity contribution < 1.29 is 9.53 Å². The van der Waals surface area contributed by atoms with Crippen LogP contribution in [0.4, 0.5) is 11.4 Å². The molecule has 0 heterocycles. The molecule has 1 amide bonds. The third-order valence-corrected chi connectivity index (χ3v) is 3.77. The van der Waals surface area contributed by atoms with E-state index in [1.165, 1.54) is 0 Å². The van der Waals surface area contributed by atoms with Gasteiger partial charge in [-0.3, -0.25) is 4.79 Å². The number of nitrogens with one attached hydrogen (secondary N) is 1. The number of nitrogens with two attached hydrogens (primary N) is 1. The highest BCUT2D eigenvalue weighted by Gasteiger charge is 2.05. The number of amides is 1. The van der Waals surface area contributed by atoms with E-state index in [-0.39, 0.29) is 5.91 Å². The van der Waals surface area contributed by atoms with Crippen molar-refractivity contribution in [2.75, 3.05) is 18.2 Å². The molecule has 0 bridgehead atoms. The lowest BCUT2D eigenvalue weighted by Gasteiger charge is -2.07. The first-order chi connectivity index (χ1) is 10.1. The number of ether oxygens (including phenoxy) is 1. The molecule has 0 fully saturated rings. The zero-order valence-corrected chi connectivity index (χ0v) is 13.3. The Kier molecular flexibility index (Phi) is 5.22. The second kappa shape index (κ2) is 7.13. The molecule has 0 aliphatic heterocycles. The number of carbonyl (C=O) groups excluding carboxylic acids is 1. The van der Waals surface area contributed by atoms with Gasteiger partial charge in [0.15, 0.2) is 0 Å². The Hall–Kier alpha value is -2.01. The zero-order valence-electron chi connectivity index (χ0n) is 11.7. The Bertz CT molecular complexity index is 627. The molecule has 0 atom stereocenters. The highest BCUT2D eigenvalue weighted by atomic mass is 79.9. The normalized spacial score (nSPS) is 10.2. The summed E-state index contributed by atoms with van der Waals surface area (Å²) in [5, 5.41) is 2.85. The van der Waals surface area contributed by atoms with Crippen LogP contribution >= 0.6 is 15.9 Å². The number of halogens is 1. The lowest BCUT2D eigenvalue weighted by Crippen LogP contribution is -2.12. The Labute approximate surface area is 132 Å². The third-order valence-electron chi connectivity index (χ3n) is 3.08. The molecule has 3 N–H and O–H groups in total. The van der Waals surface area contributed by atoms with Crippen LogP contribution in [-0.2, 0) is 11.2 Å². The quantitative estimate of drug-likeness (QED) is 0.811. The van der Waals surface area contributed by atoms with Crippen LogP contribution in [0.1, 0.15) is 12.0 Å². The summed E-state index contributed by atoms with van der Waals surface area (Å²) in [5.74, 6) is 0.789. The van der Waals surface area contributed by atoms with Crippen molar-refractivity contribution in [3.8, 4) is 5.75 Å². The van der Waals surface area contributed by atoms with Crippen LogP contribution in [-0.4, -0.2) is 13.0 Å². The minimum Gasteiger partial charge on any atom is -0.497 e. The highest BCUT2D eigenvalue weighted by molar-refractivity contribution is 9.10. The molecule has 21 heavy (non-hydrogen) atoms. The Balaban J connectivity index is 1.87. The maximum atomic E-state index is 11.9. The summed E-state index contributed by atoms with van der Waals surface area (Å²) in [5.41, 5.74) is 8.19. The van der Waals surface area contributed by atoms with E-state index in [1.54, 1.807) is 25.3 Å². The first-order valence-electron chi connectivity index (χ1n) is 6.56. The number of anilines is 2. The molecule has 0 unspecified atom stereocenters. The number of aryl methyl sites for hydroxylation is 1. The summed E-state index contributed by atoms with van der Waals surface area (Å²) >= 11 is 3.34. The average molecular weight is 349 g/mol. The molecule has 0 aliphatic carbocycles. The first-order valence-corrected chi connectivity index (χ1v) is 7.35. The third kappa shape index (κ3) is 4.49. The summed E-state index contributed by atoms with van der Waals surface area (Å²) in [4.78, 5) is 11.9. The van der Waals surface area contributed by atoms with Crippen molar-refractivity contribution >= 4 is 33.2 Å². The van der Waals surface area contributed by atoms with E-state index in [2.05, 4.69) is 21.2 Å². The molecule has 0 spiro atoms. The fraction of sp³-hybridized carbons (Fsp3) is 0.188. The fourth-order valence-electron chi connectivity index (χ4n) is 1.88. The van der Waals surface area contributed by atoms with Gasteiger partial charge in [-0.1, -0.05) is 12.1 Å². The minimum absolute atomic E-state index is 0.0255. The summed E-state index contributed by atoms with van der Waals surface area (Å²) in [6.45, 7) is 0. The Morgan fingerprint density at radius 3 is 2.57 bits per heavy atom. The zero-order chi connectivity index (χ0) is 15.2. The van der Waals surface area contributed by atoms with Gasteiger partial charge in [-0.2, -0.15) is 0 Å². The molecule has 110 valence electrons. The van der Waals surface area contributed by atoms with Gasteiger partial charge >= 0.3 is 0 Å². The van der Waals surface area contributed by atoms with Gasteiger partial charge in [-0.05, 0) is 58.2 Å². The van der Waals surface area contributed by atoms with E-state index < -0.39 is 0 Å². The van der Waals surface area contributed by atoms with Crippen LogP contribution in [0.5, 0.6) is 5.75 Å². The lowest BCUT2D eigenvalue weighted by molar-refractivity contribution is -0.116.